The summed E-state index contributed by atoms with van der Waals surface area (Å²) in [5, 5.41) is 12.6. The number of carbonyl (C=O) groups excluding carboxylic acids is 1. The standard InChI is InChI=1S/C32H33N3O7/c1-39-25-12-9-19(17-27(25)40-2)29(32(37)38)34-31(36)21-8-11-24-23(16-21)33-30(35(24)22-6-4-3-5-7-22)20-10-13-26-28(18-20)42-15-14-41-26/h8-13,16-18,22,29H,3-7,14-15H2,1-2H3,(H,34,36)(H,37,38). The van der Waals surface area contributed by atoms with Crippen LogP contribution < -0.4 is 24.3 Å². The Morgan fingerprint density at radius 2 is 1.69 bits per heavy atom. The first-order valence-corrected chi connectivity index (χ1v) is 14.1. The highest BCUT2D eigenvalue weighted by atomic mass is 16.6. The van der Waals surface area contributed by atoms with Crippen LogP contribution in [0, 0.1) is 0 Å². The van der Waals surface area contributed by atoms with Crippen molar-refractivity contribution in [3.63, 3.8) is 0 Å². The second kappa shape index (κ2) is 11.6. The Balaban J connectivity index is 1.35. The van der Waals surface area contributed by atoms with E-state index in [0.29, 0.717) is 52.9 Å². The average Bonchev–Trinajstić information content (AvgIpc) is 3.42. The molecule has 1 amide bonds. The van der Waals surface area contributed by atoms with Gasteiger partial charge in [-0.1, -0.05) is 25.3 Å². The molecule has 0 radical (unpaired) electrons. The maximum Gasteiger partial charge on any atom is 0.330 e. The van der Waals surface area contributed by atoms with E-state index < -0.39 is 17.9 Å². The molecule has 2 aliphatic rings. The van der Waals surface area contributed by atoms with E-state index >= 15 is 0 Å². The van der Waals surface area contributed by atoms with Gasteiger partial charge in [-0.15, -0.1) is 0 Å². The monoisotopic (exact) mass is 571 g/mol. The minimum atomic E-state index is -1.29. The molecular formula is C32H33N3O7. The maximum absolute atomic E-state index is 13.4. The van der Waals surface area contributed by atoms with Crippen molar-refractivity contribution in [2.45, 2.75) is 44.2 Å². The fourth-order valence-electron chi connectivity index (χ4n) is 5.87. The number of carbonyl (C=O) groups is 2. The molecule has 0 saturated heterocycles. The van der Waals surface area contributed by atoms with Gasteiger partial charge in [-0.2, -0.15) is 0 Å². The molecule has 2 N–H and O–H groups in total. The lowest BCUT2D eigenvalue weighted by atomic mass is 9.94. The van der Waals surface area contributed by atoms with E-state index in [1.807, 2.05) is 24.3 Å². The first kappa shape index (κ1) is 27.4. The van der Waals surface area contributed by atoms with Crippen LogP contribution in [0.15, 0.2) is 54.6 Å². The van der Waals surface area contributed by atoms with Crippen molar-refractivity contribution in [1.29, 1.82) is 0 Å². The van der Waals surface area contributed by atoms with E-state index in [1.54, 1.807) is 30.3 Å². The molecule has 1 aliphatic heterocycles. The number of fused-ring (bicyclic) bond motifs is 2. The largest absolute Gasteiger partial charge is 0.493 e. The van der Waals surface area contributed by atoms with Crippen molar-refractivity contribution in [2.24, 2.45) is 0 Å². The van der Waals surface area contributed by atoms with Crippen molar-refractivity contribution in [3.05, 3.63) is 65.7 Å². The van der Waals surface area contributed by atoms with Crippen LogP contribution in [0.2, 0.25) is 0 Å². The number of carboxylic acid groups (broad SMARTS) is 1. The van der Waals surface area contributed by atoms with Gasteiger partial charge in [0.15, 0.2) is 29.0 Å². The molecule has 4 aromatic rings. The Morgan fingerprint density at radius 3 is 2.43 bits per heavy atom. The Morgan fingerprint density at radius 1 is 0.929 bits per heavy atom. The first-order valence-electron chi connectivity index (χ1n) is 14.1. The fraction of sp³-hybridized carbons (Fsp3) is 0.344. The molecule has 3 aromatic carbocycles. The molecule has 218 valence electrons. The minimum Gasteiger partial charge on any atom is -0.493 e. The Bertz CT molecular complexity index is 1640. The number of methoxy groups -OCH3 is 2. The van der Waals surface area contributed by atoms with Gasteiger partial charge in [0.05, 0.1) is 25.3 Å². The summed E-state index contributed by atoms with van der Waals surface area (Å²) in [7, 11) is 2.97. The summed E-state index contributed by atoms with van der Waals surface area (Å²) in [5.74, 6) is 1.33. The third-order valence-corrected chi connectivity index (χ3v) is 7.96. The molecular weight excluding hydrogens is 538 g/mol. The summed E-state index contributed by atoms with van der Waals surface area (Å²) in [6, 6.07) is 15.0. The molecule has 1 fully saturated rings. The summed E-state index contributed by atoms with van der Waals surface area (Å²) in [6.45, 7) is 1.02. The number of aliphatic carboxylic acids is 1. The van der Waals surface area contributed by atoms with Gasteiger partial charge in [0.1, 0.15) is 19.0 Å². The number of benzene rings is 3. The molecule has 0 bridgehead atoms. The molecule has 2 heterocycles. The predicted molar refractivity (Wildman–Crippen MR) is 156 cm³/mol. The number of imidazole rings is 1. The van der Waals surface area contributed by atoms with E-state index in [-0.39, 0.29) is 6.04 Å². The number of ether oxygens (including phenoxy) is 4. The molecule has 42 heavy (non-hydrogen) atoms. The zero-order valence-corrected chi connectivity index (χ0v) is 23.6. The zero-order chi connectivity index (χ0) is 29.2. The molecule has 1 aromatic heterocycles. The molecule has 10 nitrogen and oxygen atoms in total. The van der Waals surface area contributed by atoms with Crippen LogP contribution in [0.3, 0.4) is 0 Å². The average molecular weight is 572 g/mol. The van der Waals surface area contributed by atoms with Gasteiger partial charge in [0, 0.05) is 17.2 Å². The Labute approximate surface area is 243 Å². The summed E-state index contributed by atoms with van der Waals surface area (Å²) >= 11 is 0. The van der Waals surface area contributed by atoms with E-state index in [4.69, 9.17) is 23.9 Å². The molecule has 0 spiro atoms. The van der Waals surface area contributed by atoms with Gasteiger partial charge >= 0.3 is 5.97 Å². The molecule has 1 aliphatic carbocycles. The van der Waals surface area contributed by atoms with Crippen molar-refractivity contribution in [3.8, 4) is 34.4 Å². The quantitative estimate of drug-likeness (QED) is 0.282. The van der Waals surface area contributed by atoms with Crippen molar-refractivity contribution < 1.29 is 33.6 Å². The number of hydrogen-bond acceptors (Lipinski definition) is 7. The smallest absolute Gasteiger partial charge is 0.330 e. The Hall–Kier alpha value is -4.73. The molecule has 1 saturated carbocycles. The third kappa shape index (κ3) is 5.20. The topological polar surface area (TPSA) is 121 Å². The molecule has 6 rings (SSSR count). The lowest BCUT2D eigenvalue weighted by Crippen LogP contribution is -2.33. The van der Waals surface area contributed by atoms with Gasteiger partial charge in [-0.25, -0.2) is 9.78 Å². The number of rotatable bonds is 8. The molecule has 1 unspecified atom stereocenters. The lowest BCUT2D eigenvalue weighted by Gasteiger charge is -2.26. The van der Waals surface area contributed by atoms with Crippen molar-refractivity contribution in [1.82, 2.24) is 14.9 Å². The van der Waals surface area contributed by atoms with Crippen LogP contribution in [-0.2, 0) is 4.79 Å². The Kier molecular flexibility index (Phi) is 7.60. The van der Waals surface area contributed by atoms with Crippen LogP contribution in [0.25, 0.3) is 22.4 Å². The predicted octanol–water partition coefficient (Wildman–Crippen LogP) is 5.55. The van der Waals surface area contributed by atoms with Gasteiger partial charge in [-0.05, 0) is 66.9 Å². The maximum atomic E-state index is 13.4. The highest BCUT2D eigenvalue weighted by Gasteiger charge is 2.27. The third-order valence-electron chi connectivity index (χ3n) is 7.96. The SMILES string of the molecule is COc1ccc(C(NC(=O)c2ccc3c(c2)nc(-c2ccc4c(c2)OCCO4)n3C2CCCCC2)C(=O)O)cc1OC. The van der Waals surface area contributed by atoms with Gasteiger partial charge < -0.3 is 33.9 Å². The normalized spacial score (nSPS) is 15.7. The van der Waals surface area contributed by atoms with E-state index in [2.05, 4.69) is 9.88 Å². The van der Waals surface area contributed by atoms with Crippen LogP contribution in [-0.4, -0.2) is 54.0 Å². The first-order chi connectivity index (χ1) is 20.5. The number of amides is 1. The van der Waals surface area contributed by atoms with Crippen molar-refractivity contribution in [2.75, 3.05) is 27.4 Å². The second-order valence-electron chi connectivity index (χ2n) is 10.5. The summed E-state index contributed by atoms with van der Waals surface area (Å²) in [6.07, 6.45) is 5.63. The number of aromatic nitrogens is 2. The highest BCUT2D eigenvalue weighted by Crippen LogP contribution is 2.39. The van der Waals surface area contributed by atoms with E-state index in [0.717, 1.165) is 42.6 Å². The van der Waals surface area contributed by atoms with Gasteiger partial charge in [0.2, 0.25) is 0 Å². The number of nitrogens with zero attached hydrogens (tertiary/aromatic N) is 2. The van der Waals surface area contributed by atoms with E-state index in [1.165, 1.54) is 20.6 Å². The summed E-state index contributed by atoms with van der Waals surface area (Å²) in [5.41, 5.74) is 3.17. The van der Waals surface area contributed by atoms with Gasteiger partial charge in [0.25, 0.3) is 5.91 Å². The second-order valence-corrected chi connectivity index (χ2v) is 10.5. The van der Waals surface area contributed by atoms with Crippen LogP contribution >= 0.6 is 0 Å². The van der Waals surface area contributed by atoms with Crippen LogP contribution in [0.4, 0.5) is 0 Å². The highest BCUT2D eigenvalue weighted by molar-refractivity contribution is 5.99. The minimum absolute atomic E-state index is 0.285. The van der Waals surface area contributed by atoms with Crippen molar-refractivity contribution >= 4 is 22.9 Å². The molecule has 1 atom stereocenters. The number of carboxylic acids is 1. The van der Waals surface area contributed by atoms with Gasteiger partial charge in [-0.3, -0.25) is 4.79 Å². The lowest BCUT2D eigenvalue weighted by molar-refractivity contribution is -0.139. The number of nitrogens with one attached hydrogen (secondary N) is 1. The summed E-state index contributed by atoms with van der Waals surface area (Å²) < 4.78 is 24.4. The summed E-state index contributed by atoms with van der Waals surface area (Å²) in [4.78, 5) is 30.6. The van der Waals surface area contributed by atoms with Crippen LogP contribution in [0.5, 0.6) is 23.0 Å². The van der Waals surface area contributed by atoms with E-state index in [9.17, 15) is 14.7 Å². The van der Waals surface area contributed by atoms with Crippen LogP contribution in [0.1, 0.15) is 60.1 Å². The fourth-order valence-corrected chi connectivity index (χ4v) is 5.87. The zero-order valence-electron chi connectivity index (χ0n) is 23.6. The number of hydrogen-bond donors (Lipinski definition) is 2. The molecule has 10 heteroatoms.